The number of benzene rings is 3. The van der Waals surface area contributed by atoms with Crippen LogP contribution in [0.5, 0.6) is 0 Å². The van der Waals surface area contributed by atoms with Crippen LogP contribution in [0, 0.1) is 0 Å². The SMILES string of the molecule is [2H]c1c([2H])c([2H])c2c(c1[2H])c(C(=O)c1cccc3ccccc13)c([2H])n2CCC(C)O. The van der Waals surface area contributed by atoms with Gasteiger partial charge in [-0.05, 0) is 30.2 Å². The normalized spacial score (nSPS) is 15.2. The van der Waals surface area contributed by atoms with Crippen molar-refractivity contribution in [2.45, 2.75) is 26.0 Å². The van der Waals surface area contributed by atoms with E-state index in [9.17, 15) is 9.90 Å². The maximum atomic E-state index is 13.7. The molecule has 1 atom stereocenters. The number of hydrogen-bond donors (Lipinski definition) is 1. The monoisotopic (exact) mass is 348 g/mol. The standard InChI is InChI=1S/C23H21NO2/c1-16(25)13-14-24-15-21(19-10-4-5-12-22(19)24)23(26)20-11-6-8-17-7-2-3-9-18(17)20/h2-12,15-16,25H,13-14H2,1H3/i4D,5D,10D,12D,15D. The number of aliphatic hydroxyl groups is 1. The van der Waals surface area contributed by atoms with E-state index < -0.39 is 24.0 Å². The molecule has 4 aromatic rings. The van der Waals surface area contributed by atoms with Gasteiger partial charge in [0.2, 0.25) is 0 Å². The largest absolute Gasteiger partial charge is 0.393 e. The number of nitrogens with zero attached hydrogens (tertiary/aromatic N) is 1. The molecule has 130 valence electrons. The number of ketones is 1. The number of rotatable bonds is 5. The number of carbonyl (C=O) groups is 1. The van der Waals surface area contributed by atoms with Gasteiger partial charge in [0, 0.05) is 34.7 Å². The number of para-hydroxylation sites is 1. The first kappa shape index (κ1) is 11.7. The van der Waals surface area contributed by atoms with Gasteiger partial charge in [0.1, 0.15) is 0 Å². The smallest absolute Gasteiger partial charge is 0.195 e. The number of fused-ring (bicyclic) bond motifs is 2. The highest BCUT2D eigenvalue weighted by atomic mass is 16.3. The van der Waals surface area contributed by atoms with E-state index in [0.717, 1.165) is 5.39 Å². The number of carbonyl (C=O) groups excluding carboxylic acids is 1. The van der Waals surface area contributed by atoms with E-state index in [1.807, 2.05) is 30.3 Å². The molecule has 1 N–H and O–H groups in total. The van der Waals surface area contributed by atoms with Gasteiger partial charge in [-0.15, -0.1) is 0 Å². The van der Waals surface area contributed by atoms with Crippen molar-refractivity contribution in [2.75, 3.05) is 0 Å². The van der Waals surface area contributed by atoms with Gasteiger partial charge in [0.05, 0.1) is 13.0 Å². The van der Waals surface area contributed by atoms with Crippen molar-refractivity contribution in [2.24, 2.45) is 0 Å². The van der Waals surface area contributed by atoms with Gasteiger partial charge in [-0.2, -0.15) is 0 Å². The van der Waals surface area contributed by atoms with Crippen LogP contribution in [0.15, 0.2) is 72.8 Å². The highest BCUT2D eigenvalue weighted by Crippen LogP contribution is 2.27. The second-order valence-electron chi connectivity index (χ2n) is 6.36. The Morgan fingerprint density at radius 2 is 1.85 bits per heavy atom. The molecule has 0 spiro atoms. The second-order valence-corrected chi connectivity index (χ2v) is 6.36. The van der Waals surface area contributed by atoms with Gasteiger partial charge >= 0.3 is 0 Å². The molecular formula is C23H21NO2. The average molecular weight is 348 g/mol. The third-order valence-corrected chi connectivity index (χ3v) is 4.47. The van der Waals surface area contributed by atoms with Gasteiger partial charge in [-0.3, -0.25) is 4.79 Å². The van der Waals surface area contributed by atoms with Crippen molar-refractivity contribution in [3.05, 3.63) is 83.9 Å². The molecule has 0 aliphatic rings. The van der Waals surface area contributed by atoms with E-state index in [1.165, 1.54) is 4.57 Å². The molecule has 0 aliphatic carbocycles. The summed E-state index contributed by atoms with van der Waals surface area (Å²) >= 11 is 0. The van der Waals surface area contributed by atoms with Crippen LogP contribution in [-0.2, 0) is 6.54 Å². The highest BCUT2D eigenvalue weighted by molar-refractivity contribution is 6.21. The number of aryl methyl sites for hydroxylation is 1. The molecule has 0 bridgehead atoms. The minimum atomic E-state index is -0.662. The third kappa shape index (κ3) is 2.91. The molecule has 0 amide bonds. The van der Waals surface area contributed by atoms with E-state index in [1.54, 1.807) is 19.1 Å². The maximum absolute atomic E-state index is 13.7. The zero-order valence-electron chi connectivity index (χ0n) is 19.3. The minimum absolute atomic E-state index is 0.0412. The second kappa shape index (κ2) is 6.77. The summed E-state index contributed by atoms with van der Waals surface area (Å²) in [6.45, 7) is 1.75. The molecule has 0 radical (unpaired) electrons. The Balaban J connectivity index is 2.06. The van der Waals surface area contributed by atoms with Crippen LogP contribution in [0.25, 0.3) is 21.7 Å². The lowest BCUT2D eigenvalue weighted by atomic mass is 9.97. The molecule has 3 aromatic carbocycles. The zero-order chi connectivity index (χ0) is 22.4. The van der Waals surface area contributed by atoms with Gasteiger partial charge in [-0.1, -0.05) is 60.6 Å². The van der Waals surface area contributed by atoms with E-state index >= 15 is 0 Å². The molecule has 0 fully saturated rings. The lowest BCUT2D eigenvalue weighted by Gasteiger charge is -2.06. The van der Waals surface area contributed by atoms with Crippen LogP contribution in [0.3, 0.4) is 0 Å². The van der Waals surface area contributed by atoms with Crippen LogP contribution < -0.4 is 0 Å². The van der Waals surface area contributed by atoms with Crippen molar-refractivity contribution in [3.8, 4) is 0 Å². The Morgan fingerprint density at radius 1 is 1.08 bits per heavy atom. The fraction of sp³-hybridized carbons (Fsp3) is 0.174. The van der Waals surface area contributed by atoms with Crippen LogP contribution in [0.2, 0.25) is 0 Å². The number of aliphatic hydroxyl groups excluding tert-OH is 1. The summed E-state index contributed by atoms with van der Waals surface area (Å²) in [5.41, 5.74) is 0.428. The van der Waals surface area contributed by atoms with Crippen molar-refractivity contribution < 1.29 is 16.8 Å². The molecule has 3 heteroatoms. The first-order valence-electron chi connectivity index (χ1n) is 11.0. The zero-order valence-corrected chi connectivity index (χ0v) is 14.3. The minimum Gasteiger partial charge on any atom is -0.393 e. The predicted octanol–water partition coefficient (Wildman–Crippen LogP) is 4.80. The molecule has 3 nitrogen and oxygen atoms in total. The fourth-order valence-corrected chi connectivity index (χ4v) is 3.14. The van der Waals surface area contributed by atoms with Crippen LogP contribution in [-0.4, -0.2) is 21.6 Å². The van der Waals surface area contributed by atoms with Crippen LogP contribution in [0.4, 0.5) is 0 Å². The quantitative estimate of drug-likeness (QED) is 0.527. The van der Waals surface area contributed by atoms with E-state index in [4.69, 9.17) is 6.85 Å². The summed E-state index contributed by atoms with van der Waals surface area (Å²) in [5.74, 6) is -0.465. The van der Waals surface area contributed by atoms with Crippen molar-refractivity contribution >= 4 is 27.5 Å². The summed E-state index contributed by atoms with van der Waals surface area (Å²) in [5, 5.41) is 11.3. The lowest BCUT2D eigenvalue weighted by molar-refractivity contribution is 0.104. The van der Waals surface area contributed by atoms with E-state index in [0.29, 0.717) is 10.9 Å². The highest BCUT2D eigenvalue weighted by Gasteiger charge is 2.18. The molecule has 4 rings (SSSR count). The number of hydrogen-bond acceptors (Lipinski definition) is 2. The van der Waals surface area contributed by atoms with Gasteiger partial charge < -0.3 is 9.67 Å². The van der Waals surface area contributed by atoms with Crippen molar-refractivity contribution in [1.82, 2.24) is 4.57 Å². The topological polar surface area (TPSA) is 42.2 Å². The average Bonchev–Trinajstić information content (AvgIpc) is 3.06. The van der Waals surface area contributed by atoms with Gasteiger partial charge in [-0.25, -0.2) is 0 Å². The maximum Gasteiger partial charge on any atom is 0.195 e. The molecule has 1 aromatic heterocycles. The fourth-order valence-electron chi connectivity index (χ4n) is 3.14. The predicted molar refractivity (Wildman–Crippen MR) is 106 cm³/mol. The Bertz CT molecular complexity index is 1340. The first-order chi connectivity index (χ1) is 14.7. The van der Waals surface area contributed by atoms with Crippen LogP contribution in [0.1, 0.15) is 36.1 Å². The first-order valence-corrected chi connectivity index (χ1v) is 8.53. The Kier molecular flexibility index (Phi) is 3.04. The van der Waals surface area contributed by atoms with Crippen LogP contribution >= 0.6 is 0 Å². The summed E-state index contributed by atoms with van der Waals surface area (Å²) in [6, 6.07) is 11.2. The van der Waals surface area contributed by atoms with E-state index in [2.05, 4.69) is 0 Å². The summed E-state index contributed by atoms with van der Waals surface area (Å²) in [7, 11) is 0. The number of aromatic nitrogens is 1. The molecule has 0 aliphatic heterocycles. The molecule has 1 heterocycles. The van der Waals surface area contributed by atoms with Crippen molar-refractivity contribution in [3.63, 3.8) is 0 Å². The molecule has 0 saturated heterocycles. The lowest BCUT2D eigenvalue weighted by Crippen LogP contribution is -2.06. The third-order valence-electron chi connectivity index (χ3n) is 4.47. The van der Waals surface area contributed by atoms with Gasteiger partial charge in [0.25, 0.3) is 0 Å². The summed E-state index contributed by atoms with van der Waals surface area (Å²) in [6.07, 6.45) is -0.564. The Labute approximate surface area is 159 Å². The molecule has 1 unspecified atom stereocenters. The summed E-state index contributed by atoms with van der Waals surface area (Å²) in [4.78, 5) is 13.7. The van der Waals surface area contributed by atoms with Gasteiger partial charge in [0.15, 0.2) is 5.78 Å². The molecule has 0 saturated carbocycles. The van der Waals surface area contributed by atoms with E-state index in [-0.39, 0.29) is 47.7 Å². The van der Waals surface area contributed by atoms with Crippen molar-refractivity contribution in [1.29, 1.82) is 0 Å². The Morgan fingerprint density at radius 3 is 2.69 bits per heavy atom. The summed E-state index contributed by atoms with van der Waals surface area (Å²) < 4.78 is 43.0. The molecule has 26 heavy (non-hydrogen) atoms. The molecular weight excluding hydrogens is 322 g/mol. The Hall–Kier alpha value is -2.91.